The zero-order valence-electron chi connectivity index (χ0n) is 20.2. The number of carboxylic acids is 4. The highest BCUT2D eigenvalue weighted by Crippen LogP contribution is 2.37. The van der Waals surface area contributed by atoms with Gasteiger partial charge in [0.15, 0.2) is 0 Å². The van der Waals surface area contributed by atoms with Gasteiger partial charge in [-0.05, 0) is 31.0 Å². The molecule has 0 heterocycles. The average Bonchev–Trinajstić information content (AvgIpc) is 2.70. The summed E-state index contributed by atoms with van der Waals surface area (Å²) in [6.07, 6.45) is -0.728. The SMILES string of the molecule is C[C@H](CN(CC(=O)O)CC(=O)O)N(CP(=O)(O)O)[C@@H](Cc1ccc(N)cc1)CN(CC(=O)O)CC(=O)O. The number of nitrogen functional groups attached to an aromatic ring is 1. The molecule has 1 rings (SSSR count). The van der Waals surface area contributed by atoms with Crippen molar-refractivity contribution in [2.75, 3.05) is 51.3 Å². The Balaban J connectivity index is 3.44. The first-order chi connectivity index (χ1) is 17.1. The van der Waals surface area contributed by atoms with Crippen LogP contribution in [-0.2, 0) is 30.2 Å². The van der Waals surface area contributed by atoms with Crippen LogP contribution in [0.25, 0.3) is 0 Å². The Labute approximate surface area is 212 Å². The van der Waals surface area contributed by atoms with Crippen molar-refractivity contribution in [2.24, 2.45) is 0 Å². The highest BCUT2D eigenvalue weighted by atomic mass is 31.2. The monoisotopic (exact) mass is 548 g/mol. The summed E-state index contributed by atoms with van der Waals surface area (Å²) in [6.45, 7) is -1.54. The van der Waals surface area contributed by atoms with Crippen LogP contribution < -0.4 is 5.73 Å². The average molecular weight is 548 g/mol. The molecule has 0 saturated carbocycles. The fraction of sp³-hybridized carbons (Fsp3) is 0.524. The van der Waals surface area contributed by atoms with Crippen LogP contribution >= 0.6 is 7.60 Å². The van der Waals surface area contributed by atoms with Crippen LogP contribution in [-0.4, -0.2) is 126 Å². The number of aliphatic carboxylic acids is 4. The van der Waals surface area contributed by atoms with Crippen molar-refractivity contribution in [3.05, 3.63) is 29.8 Å². The van der Waals surface area contributed by atoms with Gasteiger partial charge in [0.2, 0.25) is 0 Å². The van der Waals surface area contributed by atoms with Gasteiger partial charge in [-0.2, -0.15) is 0 Å². The standard InChI is InChI=1S/C21H33N4O11P/c1-14(7-23(9-18(26)27)10-19(28)29)25(13-37(34,35)36)17(6-15-2-4-16(22)5-3-15)8-24(11-20(30)31)12-21(32)33/h2-5,14,17H,6-13,22H2,1H3,(H,26,27)(H,28,29)(H,30,31)(H,32,33)(H2,34,35,36)/t14-,17+/m1/s1. The molecule has 0 aromatic heterocycles. The van der Waals surface area contributed by atoms with E-state index < -0.39 is 76.0 Å². The minimum Gasteiger partial charge on any atom is -0.480 e. The smallest absolute Gasteiger partial charge is 0.339 e. The van der Waals surface area contributed by atoms with Gasteiger partial charge >= 0.3 is 31.5 Å². The van der Waals surface area contributed by atoms with E-state index in [0.717, 1.165) is 9.80 Å². The Bertz CT molecular complexity index is 953. The third-order valence-corrected chi connectivity index (χ3v) is 5.96. The summed E-state index contributed by atoms with van der Waals surface area (Å²) in [7, 11) is -4.74. The summed E-state index contributed by atoms with van der Waals surface area (Å²) >= 11 is 0. The van der Waals surface area contributed by atoms with Crippen LogP contribution in [0.3, 0.4) is 0 Å². The van der Waals surface area contributed by atoms with Crippen LogP contribution in [0.4, 0.5) is 5.69 Å². The summed E-state index contributed by atoms with van der Waals surface area (Å²) in [6, 6.07) is 4.81. The number of nitrogens with zero attached hydrogens (tertiary/aromatic N) is 3. The van der Waals surface area contributed by atoms with Gasteiger partial charge in [0.1, 0.15) is 6.29 Å². The summed E-state index contributed by atoms with van der Waals surface area (Å²) < 4.78 is 12.1. The topological polar surface area (TPSA) is 242 Å². The van der Waals surface area contributed by atoms with Crippen molar-refractivity contribution < 1.29 is 54.0 Å². The molecule has 0 aliphatic heterocycles. The van der Waals surface area contributed by atoms with E-state index in [1.807, 2.05) is 0 Å². The van der Waals surface area contributed by atoms with Gasteiger partial charge in [0.05, 0.1) is 26.2 Å². The van der Waals surface area contributed by atoms with E-state index in [1.54, 1.807) is 24.3 Å². The molecule has 0 aliphatic carbocycles. The molecule has 208 valence electrons. The third-order valence-electron chi connectivity index (χ3n) is 5.26. The molecule has 0 unspecified atom stereocenters. The lowest BCUT2D eigenvalue weighted by Gasteiger charge is -2.40. The van der Waals surface area contributed by atoms with Crippen molar-refractivity contribution in [1.29, 1.82) is 0 Å². The van der Waals surface area contributed by atoms with Crippen LogP contribution in [0.1, 0.15) is 12.5 Å². The summed E-state index contributed by atoms with van der Waals surface area (Å²) in [5.41, 5.74) is 6.83. The van der Waals surface area contributed by atoms with Gasteiger partial charge in [0.25, 0.3) is 0 Å². The lowest BCUT2D eigenvalue weighted by molar-refractivity contribution is -0.143. The predicted molar refractivity (Wildman–Crippen MR) is 130 cm³/mol. The number of hydrogen-bond donors (Lipinski definition) is 7. The normalized spacial score (nSPS) is 13.6. The summed E-state index contributed by atoms with van der Waals surface area (Å²) in [5, 5.41) is 36.8. The molecule has 0 fully saturated rings. The Kier molecular flexibility index (Phi) is 12.6. The zero-order valence-corrected chi connectivity index (χ0v) is 21.1. The second kappa shape index (κ2) is 14.6. The molecule has 0 spiro atoms. The van der Waals surface area contributed by atoms with Crippen LogP contribution in [0.2, 0.25) is 0 Å². The molecule has 0 saturated heterocycles. The first-order valence-electron chi connectivity index (χ1n) is 11.0. The molecule has 0 aliphatic rings. The first kappa shape index (κ1) is 32.0. The minimum absolute atomic E-state index is 0.0955. The van der Waals surface area contributed by atoms with Crippen molar-refractivity contribution in [3.63, 3.8) is 0 Å². The van der Waals surface area contributed by atoms with E-state index in [9.17, 15) is 43.7 Å². The number of benzene rings is 1. The Morgan fingerprint density at radius 1 is 0.811 bits per heavy atom. The molecule has 1 aromatic rings. The molecular weight excluding hydrogens is 515 g/mol. The molecule has 15 nitrogen and oxygen atoms in total. The van der Waals surface area contributed by atoms with Gasteiger partial charge in [-0.1, -0.05) is 12.1 Å². The number of carboxylic acid groups (broad SMARTS) is 4. The Morgan fingerprint density at radius 2 is 1.22 bits per heavy atom. The number of rotatable bonds is 18. The molecule has 37 heavy (non-hydrogen) atoms. The second-order valence-corrected chi connectivity index (χ2v) is 10.3. The van der Waals surface area contributed by atoms with Gasteiger partial charge in [-0.3, -0.25) is 38.4 Å². The van der Waals surface area contributed by atoms with E-state index >= 15 is 0 Å². The quantitative estimate of drug-likeness (QED) is 0.0854. The van der Waals surface area contributed by atoms with Gasteiger partial charge in [-0.25, -0.2) is 0 Å². The highest BCUT2D eigenvalue weighted by molar-refractivity contribution is 7.51. The lowest BCUT2D eigenvalue weighted by atomic mass is 10.0. The fourth-order valence-electron chi connectivity index (χ4n) is 3.95. The predicted octanol–water partition coefficient (Wildman–Crippen LogP) is -1.05. The van der Waals surface area contributed by atoms with Gasteiger partial charge < -0.3 is 35.9 Å². The number of carbonyl (C=O) groups is 4. The Hall–Kier alpha value is -3.07. The van der Waals surface area contributed by atoms with Gasteiger partial charge in [0, 0.05) is 30.9 Å². The Morgan fingerprint density at radius 3 is 1.59 bits per heavy atom. The summed E-state index contributed by atoms with van der Waals surface area (Å²) in [4.78, 5) is 68.2. The third kappa shape index (κ3) is 13.7. The first-order valence-corrected chi connectivity index (χ1v) is 12.8. The molecule has 0 amide bonds. The molecular formula is C21H33N4O11P. The maximum Gasteiger partial charge on any atom is 0.339 e. The van der Waals surface area contributed by atoms with Crippen molar-refractivity contribution >= 4 is 37.2 Å². The fourth-order valence-corrected chi connectivity index (χ4v) is 4.89. The highest BCUT2D eigenvalue weighted by Gasteiger charge is 2.33. The van der Waals surface area contributed by atoms with E-state index in [0.29, 0.717) is 11.3 Å². The maximum absolute atomic E-state index is 12.1. The molecule has 2 atom stereocenters. The molecule has 1 aromatic carbocycles. The van der Waals surface area contributed by atoms with E-state index in [-0.39, 0.29) is 19.5 Å². The summed E-state index contributed by atoms with van der Waals surface area (Å²) in [5.74, 6) is -5.22. The van der Waals surface area contributed by atoms with Gasteiger partial charge in [-0.15, -0.1) is 0 Å². The molecule has 0 radical (unpaired) electrons. The lowest BCUT2D eigenvalue weighted by Crippen LogP contribution is -2.54. The van der Waals surface area contributed by atoms with Crippen LogP contribution in [0.15, 0.2) is 24.3 Å². The zero-order chi connectivity index (χ0) is 28.3. The largest absolute Gasteiger partial charge is 0.480 e. The van der Waals surface area contributed by atoms with E-state index in [2.05, 4.69) is 0 Å². The number of anilines is 1. The van der Waals surface area contributed by atoms with E-state index in [1.165, 1.54) is 11.8 Å². The maximum atomic E-state index is 12.1. The van der Waals surface area contributed by atoms with Crippen LogP contribution in [0, 0.1) is 0 Å². The van der Waals surface area contributed by atoms with Crippen molar-refractivity contribution in [2.45, 2.75) is 25.4 Å². The van der Waals surface area contributed by atoms with Crippen molar-refractivity contribution in [3.8, 4) is 0 Å². The number of hydrogen-bond acceptors (Lipinski definition) is 9. The van der Waals surface area contributed by atoms with Crippen LogP contribution in [0.5, 0.6) is 0 Å². The minimum atomic E-state index is -4.74. The second-order valence-electron chi connectivity index (χ2n) is 8.68. The molecule has 16 heteroatoms. The van der Waals surface area contributed by atoms with Crippen molar-refractivity contribution in [1.82, 2.24) is 14.7 Å². The molecule has 8 N–H and O–H groups in total. The molecule has 0 bridgehead atoms. The number of nitrogens with two attached hydrogens (primary N) is 1. The van der Waals surface area contributed by atoms with E-state index in [4.69, 9.17) is 15.9 Å².